The molecule has 2 aliphatic rings. The summed E-state index contributed by atoms with van der Waals surface area (Å²) < 4.78 is 8.72. The van der Waals surface area contributed by atoms with E-state index in [9.17, 15) is 4.79 Å². The fourth-order valence-electron chi connectivity index (χ4n) is 6.38. The third-order valence-electron chi connectivity index (χ3n) is 9.31. The van der Waals surface area contributed by atoms with Crippen molar-refractivity contribution in [2.24, 2.45) is 11.6 Å². The van der Waals surface area contributed by atoms with Crippen LogP contribution in [0.25, 0.3) is 0 Å². The van der Waals surface area contributed by atoms with Gasteiger partial charge in [-0.05, 0) is 67.0 Å². The van der Waals surface area contributed by atoms with Crippen LogP contribution in [0, 0.1) is 6.92 Å². The van der Waals surface area contributed by atoms with E-state index >= 15 is 0 Å². The molecule has 3 aromatic carbocycles. The van der Waals surface area contributed by atoms with Gasteiger partial charge in [-0.1, -0.05) is 75.2 Å². The molecule has 0 amide bonds. The fraction of sp³-hybridized carbons (Fsp3) is 0.410. The van der Waals surface area contributed by atoms with Crippen molar-refractivity contribution in [3.8, 4) is 5.75 Å². The first-order valence-corrected chi connectivity index (χ1v) is 18.4. The number of likely N-dealkylation sites (tertiary alicyclic amines) is 1. The lowest BCUT2D eigenvalue weighted by Gasteiger charge is -2.38. The molecule has 1 saturated heterocycles. The Labute approximate surface area is 303 Å². The van der Waals surface area contributed by atoms with Gasteiger partial charge in [-0.2, -0.15) is 0 Å². The van der Waals surface area contributed by atoms with Crippen molar-refractivity contribution in [1.29, 1.82) is 0 Å². The van der Waals surface area contributed by atoms with Gasteiger partial charge in [0.05, 0.1) is 29.9 Å². The summed E-state index contributed by atoms with van der Waals surface area (Å²) in [7, 11) is 3.60. The van der Waals surface area contributed by atoms with Crippen molar-refractivity contribution < 1.29 is 9.53 Å². The van der Waals surface area contributed by atoms with Gasteiger partial charge in [-0.3, -0.25) is 14.7 Å². The van der Waals surface area contributed by atoms with Crippen LogP contribution >= 0.6 is 11.9 Å². The number of rotatable bonds is 11. The van der Waals surface area contributed by atoms with Crippen molar-refractivity contribution in [2.45, 2.75) is 65.5 Å². The molecular weight excluding hydrogens is 645 g/mol. The van der Waals surface area contributed by atoms with Crippen molar-refractivity contribution in [3.63, 3.8) is 0 Å². The first-order valence-electron chi connectivity index (χ1n) is 17.2. The van der Waals surface area contributed by atoms with Crippen LogP contribution in [0.3, 0.4) is 0 Å². The number of anilines is 3. The first-order chi connectivity index (χ1) is 23.9. The summed E-state index contributed by atoms with van der Waals surface area (Å²) in [5.74, 6) is 7.14. The van der Waals surface area contributed by atoms with Gasteiger partial charge in [0.15, 0.2) is 5.75 Å². The van der Waals surface area contributed by atoms with E-state index in [1.807, 2.05) is 26.3 Å². The molecule has 10 nitrogen and oxygen atoms in total. The number of nitrogens with two attached hydrogens (primary N) is 2. The number of nitrogens with one attached hydrogen (secondary N) is 3. The van der Waals surface area contributed by atoms with E-state index in [0.717, 1.165) is 78.4 Å². The second kappa shape index (κ2) is 17.7. The number of aldehydes is 1. The number of methoxy groups -OCH3 is 1. The van der Waals surface area contributed by atoms with Gasteiger partial charge >= 0.3 is 0 Å². The smallest absolute Gasteiger partial charge is 0.165 e. The van der Waals surface area contributed by atoms with Crippen LogP contribution in [0.4, 0.5) is 17.1 Å². The molecule has 7 N–H and O–H groups in total. The molecule has 0 spiro atoms. The molecular formula is C39H56N8O2S. The third kappa shape index (κ3) is 9.75. The second-order valence-corrected chi connectivity index (χ2v) is 14.4. The van der Waals surface area contributed by atoms with Crippen molar-refractivity contribution in [3.05, 3.63) is 106 Å². The number of benzene rings is 3. The van der Waals surface area contributed by atoms with Gasteiger partial charge < -0.3 is 25.5 Å². The number of hydrogen-bond donors (Lipinski definition) is 5. The molecule has 2 aliphatic heterocycles. The van der Waals surface area contributed by atoms with Gasteiger partial charge in [-0.25, -0.2) is 11.3 Å². The van der Waals surface area contributed by atoms with Crippen LogP contribution in [0.1, 0.15) is 67.6 Å². The van der Waals surface area contributed by atoms with Crippen LogP contribution in [0.15, 0.2) is 83.8 Å². The lowest BCUT2D eigenvalue weighted by molar-refractivity contribution is 0.106. The van der Waals surface area contributed by atoms with Crippen molar-refractivity contribution >= 4 is 35.3 Å². The van der Waals surface area contributed by atoms with E-state index in [0.29, 0.717) is 23.8 Å². The molecule has 0 atom stereocenters. The highest BCUT2D eigenvalue weighted by Crippen LogP contribution is 2.39. The number of nitrogens with zero attached hydrogens (tertiary/aromatic N) is 3. The molecule has 0 bridgehead atoms. The Hall–Kier alpha value is -4.16. The second-order valence-electron chi connectivity index (χ2n) is 13.8. The Morgan fingerprint density at radius 1 is 1.08 bits per heavy atom. The number of hydrazine groups is 2. The van der Waals surface area contributed by atoms with E-state index in [4.69, 9.17) is 16.3 Å². The Morgan fingerprint density at radius 2 is 1.76 bits per heavy atom. The third-order valence-corrected chi connectivity index (χ3v) is 9.73. The minimum Gasteiger partial charge on any atom is -0.492 e. The Balaban J connectivity index is 0.000000279. The predicted octanol–water partition coefficient (Wildman–Crippen LogP) is 6.77. The normalized spacial score (nSPS) is 15.8. The number of hydrogen-bond acceptors (Lipinski definition) is 11. The molecule has 3 aromatic rings. The van der Waals surface area contributed by atoms with Gasteiger partial charge in [0.1, 0.15) is 6.29 Å². The van der Waals surface area contributed by atoms with Crippen molar-refractivity contribution in [2.75, 3.05) is 55.1 Å². The lowest BCUT2D eigenvalue weighted by atomic mass is 9.86. The number of carbonyl (C=O) groups is 1. The topological polar surface area (TPSA) is 124 Å². The Bertz CT molecular complexity index is 1650. The van der Waals surface area contributed by atoms with Crippen LogP contribution in [-0.2, 0) is 12.0 Å². The van der Waals surface area contributed by atoms with E-state index < -0.39 is 0 Å². The number of aryl methyl sites for hydroxylation is 1. The SMILES string of the molecule is CC1=C(/C(N)=C/N(N)c2cc(C=O)ccc2C)CNN1C1CCN(Cc2ccccc2)CC1.CNc1cc(C(C)(C)C)cc(NSC)c1OC. The average Bonchev–Trinajstić information content (AvgIpc) is 3.50. The fourth-order valence-corrected chi connectivity index (χ4v) is 6.75. The molecule has 0 aromatic heterocycles. The summed E-state index contributed by atoms with van der Waals surface area (Å²) >= 11 is 1.57. The molecule has 0 saturated carbocycles. The number of carbonyl (C=O) groups excluding carboxylic acids is 1. The summed E-state index contributed by atoms with van der Waals surface area (Å²) in [5.41, 5.74) is 19.9. The molecule has 2 heterocycles. The predicted molar refractivity (Wildman–Crippen MR) is 211 cm³/mol. The van der Waals surface area contributed by atoms with Crippen molar-refractivity contribution in [1.82, 2.24) is 15.3 Å². The zero-order chi connectivity index (χ0) is 36.4. The average molecular weight is 701 g/mol. The summed E-state index contributed by atoms with van der Waals surface area (Å²) in [5, 5.41) is 6.97. The maximum atomic E-state index is 11.1. The first kappa shape index (κ1) is 38.6. The molecule has 0 radical (unpaired) electrons. The highest BCUT2D eigenvalue weighted by molar-refractivity contribution is 7.99. The molecule has 5 rings (SSSR count). The standard InChI is InChI=1S/C26H34N6O.C13H22N2OS/c1-19-8-9-22(18-33)14-26(19)31(28)17-25(27)24-15-29-32(20(24)2)23-10-12-30(13-11-23)16-21-6-4-3-5-7-21;1-13(2,3)9-7-10(14-4)12(16-5)11(8-9)15-17-6/h3-9,14,17-18,23,29H,10-13,15-16,27-28H2,1-2H3;7-8,14-15H,1-6H3/b25-17-;. The van der Waals surface area contributed by atoms with Gasteiger partial charge in [0, 0.05) is 68.6 Å². The minimum atomic E-state index is 0.118. The lowest BCUT2D eigenvalue weighted by Crippen LogP contribution is -2.47. The zero-order valence-electron chi connectivity index (χ0n) is 31.0. The maximum absolute atomic E-state index is 11.1. The number of ether oxygens (including phenoxy) is 1. The van der Waals surface area contributed by atoms with E-state index in [2.05, 4.69) is 95.5 Å². The summed E-state index contributed by atoms with van der Waals surface area (Å²) in [6.45, 7) is 14.5. The van der Waals surface area contributed by atoms with Gasteiger partial charge in [-0.15, -0.1) is 0 Å². The summed E-state index contributed by atoms with van der Waals surface area (Å²) in [6, 6.07) is 20.8. The molecule has 270 valence electrons. The largest absolute Gasteiger partial charge is 0.492 e. The molecule has 0 aliphatic carbocycles. The van der Waals surface area contributed by atoms with Crippen LogP contribution < -0.4 is 36.8 Å². The highest BCUT2D eigenvalue weighted by Gasteiger charge is 2.30. The minimum absolute atomic E-state index is 0.118. The number of piperidine rings is 1. The molecule has 11 heteroatoms. The number of allylic oxidation sites excluding steroid dienone is 1. The monoisotopic (exact) mass is 700 g/mol. The summed E-state index contributed by atoms with van der Waals surface area (Å²) in [6.07, 6.45) is 6.77. The molecule has 1 fully saturated rings. The van der Waals surface area contributed by atoms with E-state index in [-0.39, 0.29) is 5.41 Å². The zero-order valence-corrected chi connectivity index (χ0v) is 31.8. The molecule has 0 unspecified atom stereocenters. The van der Waals surface area contributed by atoms with E-state index in [1.54, 1.807) is 37.4 Å². The maximum Gasteiger partial charge on any atom is 0.165 e. The van der Waals surface area contributed by atoms with Crippen LogP contribution in [-0.4, -0.2) is 62.3 Å². The summed E-state index contributed by atoms with van der Waals surface area (Å²) in [4.78, 5) is 13.7. The van der Waals surface area contributed by atoms with Crippen LogP contribution in [0.5, 0.6) is 5.75 Å². The van der Waals surface area contributed by atoms with Crippen LogP contribution in [0.2, 0.25) is 0 Å². The van der Waals surface area contributed by atoms with E-state index in [1.165, 1.54) is 16.1 Å². The molecule has 50 heavy (non-hydrogen) atoms. The van der Waals surface area contributed by atoms with Gasteiger partial charge in [0.25, 0.3) is 0 Å². The Morgan fingerprint density at radius 3 is 2.36 bits per heavy atom. The highest BCUT2D eigenvalue weighted by atomic mass is 32.2. The quantitative estimate of drug-likeness (QED) is 0.0630. The Kier molecular flexibility index (Phi) is 13.7. The van der Waals surface area contributed by atoms with Gasteiger partial charge in [0.2, 0.25) is 0 Å².